The number of amides is 2. The topological polar surface area (TPSA) is 78.9 Å². The fourth-order valence-corrected chi connectivity index (χ4v) is 6.62. The minimum Gasteiger partial charge on any atom is -0.491 e. The van der Waals surface area contributed by atoms with Gasteiger partial charge in [0, 0.05) is 52.3 Å². The van der Waals surface area contributed by atoms with E-state index in [-0.39, 0.29) is 17.2 Å². The molecule has 1 aromatic heterocycles. The number of likely N-dealkylation sites (tertiary alicyclic amines) is 1. The first kappa shape index (κ1) is 27.4. The van der Waals surface area contributed by atoms with Crippen molar-refractivity contribution in [2.24, 2.45) is 11.3 Å². The number of carbonyl (C=O) groups excluding carboxylic acids is 2. The summed E-state index contributed by atoms with van der Waals surface area (Å²) in [6, 6.07) is 12.3. The molecule has 2 fully saturated rings. The molecule has 2 saturated heterocycles. The molecule has 0 radical (unpaired) electrons. The van der Waals surface area contributed by atoms with Crippen LogP contribution >= 0.6 is 0 Å². The smallest absolute Gasteiger partial charge is 0.222 e. The van der Waals surface area contributed by atoms with Crippen LogP contribution in [-0.2, 0) is 16.0 Å². The molecule has 8 nitrogen and oxygen atoms in total. The van der Waals surface area contributed by atoms with Crippen LogP contribution in [0, 0.1) is 11.3 Å². The summed E-state index contributed by atoms with van der Waals surface area (Å²) in [6.45, 7) is 6.92. The lowest BCUT2D eigenvalue weighted by Gasteiger charge is -2.45. The van der Waals surface area contributed by atoms with Crippen molar-refractivity contribution < 1.29 is 14.3 Å². The summed E-state index contributed by atoms with van der Waals surface area (Å²) in [5.74, 6) is 2.65. The summed E-state index contributed by atoms with van der Waals surface area (Å²) in [4.78, 5) is 32.2. The summed E-state index contributed by atoms with van der Waals surface area (Å²) in [5.41, 5.74) is 1.32. The van der Waals surface area contributed by atoms with Crippen molar-refractivity contribution in [3.63, 3.8) is 0 Å². The Morgan fingerprint density at radius 2 is 1.74 bits per heavy atom. The first-order chi connectivity index (χ1) is 19.0. The number of carbonyl (C=O) groups is 2. The number of nitrogens with zero attached hydrogens (tertiary/aromatic N) is 5. The number of rotatable bonds is 3. The third kappa shape index (κ3) is 7.08. The van der Waals surface area contributed by atoms with Gasteiger partial charge in [-0.1, -0.05) is 24.6 Å². The highest BCUT2D eigenvalue weighted by Gasteiger charge is 2.38. The highest BCUT2D eigenvalue weighted by molar-refractivity contribution is 5.76. The fourth-order valence-electron chi connectivity index (χ4n) is 6.62. The lowest BCUT2D eigenvalue weighted by molar-refractivity contribution is -0.137. The van der Waals surface area contributed by atoms with Crippen LogP contribution in [0.4, 0.5) is 5.82 Å². The number of para-hydroxylation sites is 1. The van der Waals surface area contributed by atoms with E-state index in [0.717, 1.165) is 95.7 Å². The number of hydrogen-bond donors (Lipinski definition) is 0. The molecule has 3 aliphatic heterocycles. The molecule has 210 valence electrons. The van der Waals surface area contributed by atoms with Gasteiger partial charge in [0.1, 0.15) is 12.4 Å². The van der Waals surface area contributed by atoms with Gasteiger partial charge in [-0.15, -0.1) is 5.10 Å². The molecule has 2 aromatic rings. The zero-order valence-corrected chi connectivity index (χ0v) is 23.4. The standard InChI is InChI=1S/C31H43N5O3/c1-25(37)34-19-14-31(15-20-34)13-5-4-8-27-7-2-3-9-28(27)39-22-21-36(24-31)30(38)23-26-11-17-35(18-12-26)29-10-6-16-32-33-29/h2-3,6-7,9-10,16,26H,4-5,8,11-15,17-24H2,1H3. The van der Waals surface area contributed by atoms with Crippen molar-refractivity contribution in [3.05, 3.63) is 48.2 Å². The van der Waals surface area contributed by atoms with E-state index in [1.807, 2.05) is 23.1 Å². The lowest BCUT2D eigenvalue weighted by Crippen LogP contribution is -2.50. The monoisotopic (exact) mass is 533 g/mol. The minimum atomic E-state index is 0.0651. The largest absolute Gasteiger partial charge is 0.491 e. The van der Waals surface area contributed by atoms with Gasteiger partial charge >= 0.3 is 0 Å². The number of fused-ring (bicyclic) bond motifs is 1. The molecule has 8 heteroatoms. The summed E-state index contributed by atoms with van der Waals surface area (Å²) in [6.07, 6.45) is 10.5. The number of anilines is 1. The molecular weight excluding hydrogens is 490 g/mol. The third-order valence-corrected chi connectivity index (χ3v) is 9.10. The van der Waals surface area contributed by atoms with Gasteiger partial charge in [0.15, 0.2) is 5.82 Å². The van der Waals surface area contributed by atoms with Crippen LogP contribution in [0.25, 0.3) is 0 Å². The number of benzene rings is 1. The Morgan fingerprint density at radius 1 is 0.949 bits per heavy atom. The molecular formula is C31H43N5O3. The molecule has 39 heavy (non-hydrogen) atoms. The Balaban J connectivity index is 1.26. The van der Waals surface area contributed by atoms with E-state index in [0.29, 0.717) is 25.5 Å². The van der Waals surface area contributed by atoms with Crippen molar-refractivity contribution in [2.45, 2.75) is 64.7 Å². The summed E-state index contributed by atoms with van der Waals surface area (Å²) >= 11 is 0. The quantitative estimate of drug-likeness (QED) is 0.584. The van der Waals surface area contributed by atoms with Gasteiger partial charge in [0.2, 0.25) is 11.8 Å². The molecule has 1 spiro atoms. The SMILES string of the molecule is CC(=O)N1CCC2(CCCCc3ccccc3OCCN(C(=O)CC3CCN(c4cccnn4)CC3)C2)CC1. The Labute approximate surface area is 232 Å². The van der Waals surface area contributed by atoms with Crippen molar-refractivity contribution >= 4 is 17.6 Å². The first-order valence-electron chi connectivity index (χ1n) is 14.8. The average Bonchev–Trinajstić information content (AvgIpc) is 2.96. The van der Waals surface area contributed by atoms with Gasteiger partial charge < -0.3 is 19.4 Å². The van der Waals surface area contributed by atoms with E-state index in [9.17, 15) is 9.59 Å². The van der Waals surface area contributed by atoms with E-state index in [1.165, 1.54) is 5.56 Å². The summed E-state index contributed by atoms with van der Waals surface area (Å²) in [5, 5.41) is 8.27. The molecule has 0 aliphatic carbocycles. The van der Waals surface area contributed by atoms with Crippen molar-refractivity contribution in [1.29, 1.82) is 0 Å². The van der Waals surface area contributed by atoms with Gasteiger partial charge in [-0.25, -0.2) is 0 Å². The maximum absolute atomic E-state index is 13.8. The second kappa shape index (κ2) is 12.8. The molecule has 0 atom stereocenters. The van der Waals surface area contributed by atoms with Crippen LogP contribution in [0.5, 0.6) is 5.75 Å². The Hall–Kier alpha value is -3.16. The van der Waals surface area contributed by atoms with E-state index < -0.39 is 0 Å². The maximum atomic E-state index is 13.8. The van der Waals surface area contributed by atoms with Crippen LogP contribution in [0.1, 0.15) is 63.9 Å². The Bertz CT molecular complexity index is 1090. The molecule has 1 aromatic carbocycles. The van der Waals surface area contributed by atoms with Gasteiger partial charge in [0.25, 0.3) is 0 Å². The third-order valence-electron chi connectivity index (χ3n) is 9.10. The van der Waals surface area contributed by atoms with Gasteiger partial charge in [-0.05, 0) is 80.0 Å². The van der Waals surface area contributed by atoms with Gasteiger partial charge in [0.05, 0.1) is 6.54 Å². The molecule has 5 rings (SSSR count). The molecule has 0 saturated carbocycles. The fraction of sp³-hybridized carbons (Fsp3) is 0.613. The summed E-state index contributed by atoms with van der Waals surface area (Å²) in [7, 11) is 0. The van der Waals surface area contributed by atoms with Crippen LogP contribution in [0.2, 0.25) is 0 Å². The van der Waals surface area contributed by atoms with Crippen LogP contribution < -0.4 is 9.64 Å². The average molecular weight is 534 g/mol. The minimum absolute atomic E-state index is 0.0651. The number of aryl methyl sites for hydroxylation is 1. The Kier molecular flexibility index (Phi) is 8.99. The van der Waals surface area contributed by atoms with E-state index in [2.05, 4.69) is 38.2 Å². The van der Waals surface area contributed by atoms with Crippen molar-refractivity contribution in [3.8, 4) is 5.75 Å². The summed E-state index contributed by atoms with van der Waals surface area (Å²) < 4.78 is 6.25. The van der Waals surface area contributed by atoms with Gasteiger partial charge in [-0.3, -0.25) is 9.59 Å². The van der Waals surface area contributed by atoms with Crippen LogP contribution in [0.15, 0.2) is 42.6 Å². The second-order valence-electron chi connectivity index (χ2n) is 11.7. The highest BCUT2D eigenvalue weighted by atomic mass is 16.5. The Morgan fingerprint density at radius 3 is 2.49 bits per heavy atom. The molecule has 4 heterocycles. The van der Waals surface area contributed by atoms with E-state index >= 15 is 0 Å². The first-order valence-corrected chi connectivity index (χ1v) is 14.8. The normalized spacial score (nSPS) is 20.9. The van der Waals surface area contributed by atoms with Crippen molar-refractivity contribution in [1.82, 2.24) is 20.0 Å². The molecule has 3 aliphatic rings. The number of piperidine rings is 2. The van der Waals surface area contributed by atoms with E-state index in [4.69, 9.17) is 4.74 Å². The predicted molar refractivity (Wildman–Crippen MR) is 152 cm³/mol. The molecule has 0 unspecified atom stereocenters. The molecule has 0 N–H and O–H groups in total. The molecule has 2 amide bonds. The predicted octanol–water partition coefficient (Wildman–Crippen LogP) is 4.35. The number of aromatic nitrogens is 2. The number of hydrogen-bond acceptors (Lipinski definition) is 6. The van der Waals surface area contributed by atoms with Gasteiger partial charge in [-0.2, -0.15) is 5.10 Å². The second-order valence-corrected chi connectivity index (χ2v) is 11.7. The number of ether oxygens (including phenoxy) is 1. The zero-order valence-electron chi connectivity index (χ0n) is 23.4. The molecule has 0 bridgehead atoms. The zero-order chi connectivity index (χ0) is 27.1. The van der Waals surface area contributed by atoms with Crippen LogP contribution in [-0.4, -0.2) is 77.7 Å². The maximum Gasteiger partial charge on any atom is 0.222 e. The van der Waals surface area contributed by atoms with Crippen LogP contribution in [0.3, 0.4) is 0 Å². The lowest BCUT2D eigenvalue weighted by atomic mass is 9.73. The highest BCUT2D eigenvalue weighted by Crippen LogP contribution is 2.39. The van der Waals surface area contributed by atoms with E-state index in [1.54, 1.807) is 13.1 Å². The van der Waals surface area contributed by atoms with Crippen molar-refractivity contribution in [2.75, 3.05) is 50.8 Å².